The van der Waals surface area contributed by atoms with Gasteiger partial charge in [-0.25, -0.2) is 0 Å². The summed E-state index contributed by atoms with van der Waals surface area (Å²) in [6.07, 6.45) is 9.18. The zero-order chi connectivity index (χ0) is 32.9. The van der Waals surface area contributed by atoms with E-state index in [-0.39, 0.29) is 24.3 Å². The minimum absolute atomic E-state index is 0.243. The Morgan fingerprint density at radius 1 is 0.891 bits per heavy atom. The number of thioether (sulfide) groups is 1. The first-order valence-electron chi connectivity index (χ1n) is 14.2. The van der Waals surface area contributed by atoms with Crippen LogP contribution in [0, 0.1) is 0 Å². The van der Waals surface area contributed by atoms with Gasteiger partial charge in [-0.1, -0.05) is 88.8 Å². The molecule has 0 saturated carbocycles. The van der Waals surface area contributed by atoms with E-state index in [4.69, 9.17) is 23.2 Å². The van der Waals surface area contributed by atoms with Crippen LogP contribution in [0.15, 0.2) is 100 Å². The molecule has 0 fully saturated rings. The number of halogens is 2. The molecule has 46 heavy (non-hydrogen) atoms. The average Bonchev–Trinajstić information content (AvgIpc) is 3.50. The van der Waals surface area contributed by atoms with Gasteiger partial charge in [-0.15, -0.1) is 0 Å². The van der Waals surface area contributed by atoms with Crippen LogP contribution in [-0.4, -0.2) is 44.0 Å². The lowest BCUT2D eigenvalue weighted by Gasteiger charge is -2.20. The van der Waals surface area contributed by atoms with Crippen molar-refractivity contribution in [2.75, 3.05) is 23.0 Å². The van der Waals surface area contributed by atoms with E-state index in [2.05, 4.69) is 12.1 Å². The number of rotatable bonds is 13. The van der Waals surface area contributed by atoms with Gasteiger partial charge < -0.3 is 4.90 Å². The van der Waals surface area contributed by atoms with Crippen molar-refractivity contribution in [3.8, 4) is 0 Å². The van der Waals surface area contributed by atoms with Gasteiger partial charge in [0.2, 0.25) is 5.52 Å². The third kappa shape index (κ3) is 9.68. The predicted molar refractivity (Wildman–Crippen MR) is 189 cm³/mol. The third-order valence-corrected chi connectivity index (χ3v) is 11.4. The van der Waals surface area contributed by atoms with E-state index in [9.17, 15) is 25.9 Å². The highest BCUT2D eigenvalue weighted by molar-refractivity contribution is 8.03. The van der Waals surface area contributed by atoms with Crippen LogP contribution in [0.3, 0.4) is 0 Å². The minimum atomic E-state index is -4.09. The van der Waals surface area contributed by atoms with Crippen LogP contribution in [0.2, 0.25) is 10.0 Å². The molecular weight excluding hydrogens is 708 g/mol. The van der Waals surface area contributed by atoms with Crippen molar-refractivity contribution >= 4 is 88.5 Å². The largest absolute Gasteiger partial charge is 0.335 e. The van der Waals surface area contributed by atoms with Crippen molar-refractivity contribution in [2.24, 2.45) is 0 Å². The summed E-state index contributed by atoms with van der Waals surface area (Å²) < 4.78 is 67.1. The number of fused-ring (bicyclic) bond motifs is 2. The molecule has 0 spiro atoms. The molecule has 5 rings (SSSR count). The van der Waals surface area contributed by atoms with Gasteiger partial charge in [-0.2, -0.15) is 21.4 Å². The van der Waals surface area contributed by atoms with Gasteiger partial charge in [0.1, 0.15) is 4.70 Å². The van der Waals surface area contributed by atoms with Crippen LogP contribution in [-0.2, 0) is 33.2 Å². The van der Waals surface area contributed by atoms with E-state index in [0.29, 0.717) is 29.6 Å². The standard InChI is InChI=1S/C32H30Cl2N2O6S4/c33-25-10-12-27-29(21-25)43-31(35(27)16-4-18-45(37,38)39)14-8-24(20-23-6-2-1-3-7-23)9-15-32-36(17-5-19-46(40,41)42)28-13-11-26(34)22-30(28)44-32/h1-3,6-15,21-22H,4-5,16-20H2,(H-,37,38,39,40,41,42)/p+1. The van der Waals surface area contributed by atoms with E-state index in [1.807, 2.05) is 76.2 Å². The lowest BCUT2D eigenvalue weighted by molar-refractivity contribution is -0.668. The fourth-order valence-corrected chi connectivity index (χ4v) is 8.76. The monoisotopic (exact) mass is 737 g/mol. The number of benzene rings is 3. The fraction of sp³-hybridized carbons (Fsp3) is 0.219. The highest BCUT2D eigenvalue weighted by Gasteiger charge is 2.25. The van der Waals surface area contributed by atoms with Crippen LogP contribution < -0.4 is 9.47 Å². The summed E-state index contributed by atoms with van der Waals surface area (Å²) in [5.41, 5.74) is 3.94. The Morgan fingerprint density at radius 3 is 2.33 bits per heavy atom. The third-order valence-electron chi connectivity index (χ3n) is 7.09. The van der Waals surface area contributed by atoms with Crippen LogP contribution in [0.1, 0.15) is 23.4 Å². The number of allylic oxidation sites excluding steroid dienone is 4. The number of hydrogen-bond donors (Lipinski definition) is 2. The first kappa shape index (κ1) is 34.6. The maximum Gasteiger partial charge on any atom is 0.265 e. The summed E-state index contributed by atoms with van der Waals surface area (Å²) >= 11 is 15.6. The number of nitrogens with zero attached hydrogens (tertiary/aromatic N) is 2. The molecule has 2 N–H and O–H groups in total. The molecule has 14 heteroatoms. The van der Waals surface area contributed by atoms with Gasteiger partial charge >= 0.3 is 0 Å². The molecule has 1 aromatic heterocycles. The van der Waals surface area contributed by atoms with Gasteiger partial charge in [0.05, 0.1) is 22.2 Å². The summed E-state index contributed by atoms with van der Waals surface area (Å²) in [7, 11) is -8.17. The van der Waals surface area contributed by atoms with Crippen LogP contribution in [0.5, 0.6) is 0 Å². The molecule has 0 unspecified atom stereocenters. The number of thiazole rings is 1. The Morgan fingerprint density at radius 2 is 1.59 bits per heavy atom. The van der Waals surface area contributed by atoms with Gasteiger partial charge in [0.15, 0.2) is 6.54 Å². The van der Waals surface area contributed by atoms with Gasteiger partial charge in [-0.3, -0.25) is 9.11 Å². The maximum absolute atomic E-state index is 11.4. The molecule has 1 aliphatic rings. The SMILES string of the molecule is O=S(=O)(O)CCCN1/C(=C/C=C(/C=C/c2sc3cc(Cl)ccc3[n+]2CCCS(=O)(=O)O)Cc2ccccc2)Sc2cc(Cl)ccc21. The summed E-state index contributed by atoms with van der Waals surface area (Å²) in [5, 5.41) is 2.98. The van der Waals surface area contributed by atoms with Crippen molar-refractivity contribution in [3.63, 3.8) is 0 Å². The molecule has 1 aliphatic heterocycles. The molecular formula is C32H31Cl2N2O6S4+. The zero-order valence-electron chi connectivity index (χ0n) is 24.4. The summed E-state index contributed by atoms with van der Waals surface area (Å²) in [4.78, 5) is 2.98. The Labute approximate surface area is 287 Å². The number of anilines is 1. The highest BCUT2D eigenvalue weighted by atomic mass is 35.5. The van der Waals surface area contributed by atoms with E-state index >= 15 is 0 Å². The smallest absolute Gasteiger partial charge is 0.265 e. The Bertz CT molecular complexity index is 2040. The number of aryl methyl sites for hydroxylation is 1. The maximum atomic E-state index is 11.4. The quantitative estimate of drug-likeness (QED) is 0.0816. The topological polar surface area (TPSA) is 116 Å². The molecule has 0 radical (unpaired) electrons. The van der Waals surface area contributed by atoms with Gasteiger partial charge in [0, 0.05) is 40.0 Å². The van der Waals surface area contributed by atoms with Gasteiger partial charge in [-0.05, 0) is 60.4 Å². The van der Waals surface area contributed by atoms with Crippen molar-refractivity contribution in [3.05, 3.63) is 116 Å². The molecule has 0 aliphatic carbocycles. The van der Waals surface area contributed by atoms with E-state index in [1.165, 1.54) is 23.1 Å². The summed E-state index contributed by atoms with van der Waals surface area (Å²) in [5.74, 6) is -0.681. The van der Waals surface area contributed by atoms with Crippen molar-refractivity contribution in [1.82, 2.24) is 0 Å². The van der Waals surface area contributed by atoms with Crippen molar-refractivity contribution < 1.29 is 30.5 Å². The van der Waals surface area contributed by atoms with E-state index < -0.39 is 20.2 Å². The van der Waals surface area contributed by atoms with Gasteiger partial charge in [0.25, 0.3) is 25.2 Å². The predicted octanol–water partition coefficient (Wildman–Crippen LogP) is 7.69. The lowest BCUT2D eigenvalue weighted by atomic mass is 10.0. The second kappa shape index (κ2) is 15.0. The fourth-order valence-electron chi connectivity index (χ4n) is 5.04. The molecule has 3 aromatic carbocycles. The Kier molecular flexibility index (Phi) is 11.3. The summed E-state index contributed by atoms with van der Waals surface area (Å²) in [6, 6.07) is 21.2. The number of hydrogen-bond acceptors (Lipinski definition) is 7. The van der Waals surface area contributed by atoms with Crippen molar-refractivity contribution in [1.29, 1.82) is 0 Å². The first-order valence-corrected chi connectivity index (χ1v) is 19.9. The van der Waals surface area contributed by atoms with Crippen molar-refractivity contribution in [2.45, 2.75) is 30.7 Å². The Balaban J connectivity index is 1.50. The normalized spacial score (nSPS) is 15.0. The molecule has 0 bridgehead atoms. The molecule has 0 atom stereocenters. The highest BCUT2D eigenvalue weighted by Crippen LogP contribution is 2.47. The molecule has 0 saturated heterocycles. The number of aromatic nitrogens is 1. The molecule has 2 heterocycles. The second-order valence-corrected chi connectivity index (χ2v) is 16.7. The molecule has 242 valence electrons. The van der Waals surface area contributed by atoms with Crippen LogP contribution >= 0.6 is 46.3 Å². The van der Waals surface area contributed by atoms with Crippen LogP contribution in [0.4, 0.5) is 5.69 Å². The minimum Gasteiger partial charge on any atom is -0.335 e. The van der Waals surface area contributed by atoms with E-state index in [1.54, 1.807) is 12.1 Å². The first-order chi connectivity index (χ1) is 21.8. The molecule has 4 aromatic rings. The zero-order valence-corrected chi connectivity index (χ0v) is 29.2. The van der Waals surface area contributed by atoms with E-state index in [0.717, 1.165) is 42.0 Å². The lowest BCUT2D eigenvalue weighted by Crippen LogP contribution is -2.36. The molecule has 0 amide bonds. The second-order valence-electron chi connectivity index (χ2n) is 10.6. The molecule has 8 nitrogen and oxygen atoms in total. The van der Waals surface area contributed by atoms with Crippen LogP contribution in [0.25, 0.3) is 16.3 Å². The Hall–Kier alpha value is -2.68. The summed E-state index contributed by atoms with van der Waals surface area (Å²) in [6.45, 7) is 0.776. The average molecular weight is 739 g/mol.